The highest BCUT2D eigenvalue weighted by atomic mass is 79.9. The summed E-state index contributed by atoms with van der Waals surface area (Å²) in [6, 6.07) is 7.90. The highest BCUT2D eigenvalue weighted by Crippen LogP contribution is 2.26. The number of carbonyl (C=O) groups is 1. The van der Waals surface area contributed by atoms with Gasteiger partial charge in [0.25, 0.3) is 0 Å². The van der Waals surface area contributed by atoms with E-state index in [4.69, 9.17) is 0 Å². The lowest BCUT2D eigenvalue weighted by atomic mass is 10.0. The first-order valence-electron chi connectivity index (χ1n) is 5.41. The third-order valence-electron chi connectivity index (χ3n) is 2.37. The van der Waals surface area contributed by atoms with E-state index in [1.807, 2.05) is 38.1 Å². The van der Waals surface area contributed by atoms with E-state index in [0.29, 0.717) is 5.92 Å². The molecular weight excluding hydrogens is 266 g/mol. The number of hydrogen-bond acceptors (Lipinski definition) is 1. The summed E-state index contributed by atoms with van der Waals surface area (Å²) in [6.45, 7) is 7.90. The Hall–Kier alpha value is -0.830. The molecule has 1 rings (SSSR count). The Balaban J connectivity index is 2.94. The van der Waals surface area contributed by atoms with Crippen LogP contribution < -0.4 is 5.32 Å². The van der Waals surface area contributed by atoms with Crippen LogP contribution in [0, 0.1) is 0 Å². The van der Waals surface area contributed by atoms with Crippen molar-refractivity contribution in [1.82, 2.24) is 0 Å². The Labute approximate surface area is 106 Å². The van der Waals surface area contributed by atoms with E-state index in [-0.39, 0.29) is 5.91 Å². The molecule has 0 radical (unpaired) electrons. The van der Waals surface area contributed by atoms with Gasteiger partial charge in [0.05, 0.1) is 4.32 Å². The lowest BCUT2D eigenvalue weighted by Gasteiger charge is -2.19. The van der Waals surface area contributed by atoms with Crippen LogP contribution in [0.25, 0.3) is 0 Å². The average Bonchev–Trinajstić information content (AvgIpc) is 2.16. The fourth-order valence-corrected chi connectivity index (χ4v) is 1.48. The number of rotatable bonds is 3. The highest BCUT2D eigenvalue weighted by molar-refractivity contribution is 9.10. The summed E-state index contributed by atoms with van der Waals surface area (Å²) >= 11 is 3.35. The van der Waals surface area contributed by atoms with Gasteiger partial charge in [0.2, 0.25) is 5.91 Å². The Morgan fingerprint density at radius 1 is 1.31 bits per heavy atom. The SMILES string of the molecule is CC(C)c1ccccc1NC(=O)C(C)(C)Br. The van der Waals surface area contributed by atoms with Crippen molar-refractivity contribution in [2.24, 2.45) is 0 Å². The van der Waals surface area contributed by atoms with Gasteiger partial charge in [0, 0.05) is 5.69 Å². The Morgan fingerprint density at radius 2 is 1.88 bits per heavy atom. The van der Waals surface area contributed by atoms with Gasteiger partial charge in [-0.15, -0.1) is 0 Å². The molecule has 1 N–H and O–H groups in total. The summed E-state index contributed by atoms with van der Waals surface area (Å²) in [6.07, 6.45) is 0. The summed E-state index contributed by atoms with van der Waals surface area (Å²) in [5, 5.41) is 2.95. The first-order chi connectivity index (χ1) is 7.32. The summed E-state index contributed by atoms with van der Waals surface area (Å²) < 4.78 is -0.545. The van der Waals surface area contributed by atoms with Crippen LogP contribution in [0.1, 0.15) is 39.2 Å². The molecule has 0 aliphatic heterocycles. The average molecular weight is 284 g/mol. The minimum atomic E-state index is -0.545. The predicted molar refractivity (Wildman–Crippen MR) is 72.2 cm³/mol. The van der Waals surface area contributed by atoms with Crippen LogP contribution in [-0.4, -0.2) is 10.2 Å². The Morgan fingerprint density at radius 3 is 2.38 bits per heavy atom. The zero-order chi connectivity index (χ0) is 12.3. The minimum Gasteiger partial charge on any atom is -0.325 e. The van der Waals surface area contributed by atoms with Gasteiger partial charge >= 0.3 is 0 Å². The second-order valence-corrected chi connectivity index (χ2v) is 6.65. The number of benzene rings is 1. The number of para-hydroxylation sites is 1. The standard InChI is InChI=1S/C13H18BrNO/c1-9(2)10-7-5-6-8-11(10)15-12(16)13(3,4)14/h5-9H,1-4H3,(H,15,16). The van der Waals surface area contributed by atoms with Crippen molar-refractivity contribution in [3.05, 3.63) is 29.8 Å². The van der Waals surface area contributed by atoms with Crippen molar-refractivity contribution in [2.45, 2.75) is 37.9 Å². The molecule has 0 aliphatic carbocycles. The highest BCUT2D eigenvalue weighted by Gasteiger charge is 2.24. The van der Waals surface area contributed by atoms with Gasteiger partial charge in [-0.25, -0.2) is 0 Å². The molecule has 0 aliphatic rings. The van der Waals surface area contributed by atoms with E-state index in [2.05, 4.69) is 35.1 Å². The number of halogens is 1. The van der Waals surface area contributed by atoms with Crippen molar-refractivity contribution in [2.75, 3.05) is 5.32 Å². The number of alkyl halides is 1. The summed E-state index contributed by atoms with van der Waals surface area (Å²) in [5.74, 6) is 0.371. The largest absolute Gasteiger partial charge is 0.325 e. The van der Waals surface area contributed by atoms with Gasteiger partial charge in [0.15, 0.2) is 0 Å². The number of hydrogen-bond donors (Lipinski definition) is 1. The maximum Gasteiger partial charge on any atom is 0.240 e. The fourth-order valence-electron chi connectivity index (χ4n) is 1.39. The molecule has 1 amide bonds. The smallest absolute Gasteiger partial charge is 0.240 e. The number of anilines is 1. The number of carbonyl (C=O) groups excluding carboxylic acids is 1. The van der Waals surface area contributed by atoms with Gasteiger partial charge in [-0.2, -0.15) is 0 Å². The zero-order valence-electron chi connectivity index (χ0n) is 10.2. The summed E-state index contributed by atoms with van der Waals surface area (Å²) in [5.41, 5.74) is 2.06. The zero-order valence-corrected chi connectivity index (χ0v) is 11.8. The molecule has 1 aromatic carbocycles. The van der Waals surface area contributed by atoms with E-state index in [9.17, 15) is 4.79 Å². The molecule has 0 bridgehead atoms. The second kappa shape index (κ2) is 5.00. The van der Waals surface area contributed by atoms with Crippen LogP contribution in [0.15, 0.2) is 24.3 Å². The third kappa shape index (κ3) is 3.34. The molecule has 0 spiro atoms. The van der Waals surface area contributed by atoms with Crippen molar-refractivity contribution in [3.63, 3.8) is 0 Å². The van der Waals surface area contributed by atoms with E-state index >= 15 is 0 Å². The van der Waals surface area contributed by atoms with Crippen LogP contribution in [0.3, 0.4) is 0 Å². The maximum absolute atomic E-state index is 11.9. The molecule has 1 aromatic rings. The number of amides is 1. The van der Waals surface area contributed by atoms with Gasteiger partial charge in [-0.3, -0.25) is 4.79 Å². The molecule has 0 saturated carbocycles. The van der Waals surface area contributed by atoms with Crippen molar-refractivity contribution >= 4 is 27.5 Å². The Bertz CT molecular complexity index is 380. The minimum absolute atomic E-state index is 0.0272. The van der Waals surface area contributed by atoms with Gasteiger partial charge in [0.1, 0.15) is 0 Å². The van der Waals surface area contributed by atoms with Crippen LogP contribution in [0.5, 0.6) is 0 Å². The summed E-state index contributed by atoms with van der Waals surface area (Å²) in [4.78, 5) is 11.9. The predicted octanol–water partition coefficient (Wildman–Crippen LogP) is 3.92. The molecule has 0 heterocycles. The van der Waals surface area contributed by atoms with Crippen LogP contribution in [0.4, 0.5) is 5.69 Å². The van der Waals surface area contributed by atoms with E-state index in [0.717, 1.165) is 11.3 Å². The Kier molecular flexibility index (Phi) is 4.14. The van der Waals surface area contributed by atoms with E-state index < -0.39 is 4.32 Å². The third-order valence-corrected chi connectivity index (χ3v) is 2.73. The molecule has 16 heavy (non-hydrogen) atoms. The maximum atomic E-state index is 11.9. The van der Waals surface area contributed by atoms with Crippen molar-refractivity contribution in [1.29, 1.82) is 0 Å². The van der Waals surface area contributed by atoms with Crippen LogP contribution >= 0.6 is 15.9 Å². The molecule has 0 aromatic heterocycles. The molecule has 0 saturated heterocycles. The normalized spacial score (nSPS) is 11.6. The quantitative estimate of drug-likeness (QED) is 0.837. The molecule has 2 nitrogen and oxygen atoms in total. The molecular formula is C13H18BrNO. The van der Waals surface area contributed by atoms with E-state index in [1.165, 1.54) is 0 Å². The van der Waals surface area contributed by atoms with Gasteiger partial charge in [-0.05, 0) is 31.4 Å². The first kappa shape index (κ1) is 13.2. The fraction of sp³-hybridized carbons (Fsp3) is 0.462. The van der Waals surface area contributed by atoms with Crippen molar-refractivity contribution < 1.29 is 4.79 Å². The van der Waals surface area contributed by atoms with Gasteiger partial charge < -0.3 is 5.32 Å². The second-order valence-electron chi connectivity index (χ2n) is 4.67. The van der Waals surface area contributed by atoms with Crippen LogP contribution in [-0.2, 0) is 4.79 Å². The topological polar surface area (TPSA) is 29.1 Å². The molecule has 0 fully saturated rings. The van der Waals surface area contributed by atoms with Gasteiger partial charge in [-0.1, -0.05) is 48.0 Å². The molecule has 88 valence electrons. The molecule has 0 atom stereocenters. The first-order valence-corrected chi connectivity index (χ1v) is 6.21. The van der Waals surface area contributed by atoms with Crippen molar-refractivity contribution in [3.8, 4) is 0 Å². The number of nitrogens with one attached hydrogen (secondary N) is 1. The van der Waals surface area contributed by atoms with E-state index in [1.54, 1.807) is 0 Å². The lowest BCUT2D eigenvalue weighted by Crippen LogP contribution is -2.31. The monoisotopic (exact) mass is 283 g/mol. The lowest BCUT2D eigenvalue weighted by molar-refractivity contribution is -0.117. The van der Waals surface area contributed by atoms with Crippen LogP contribution in [0.2, 0.25) is 0 Å². The summed E-state index contributed by atoms with van der Waals surface area (Å²) in [7, 11) is 0. The molecule has 0 unspecified atom stereocenters. The molecule has 3 heteroatoms.